The fourth-order valence-electron chi connectivity index (χ4n) is 4.08. The highest BCUT2D eigenvalue weighted by molar-refractivity contribution is 5.91. The summed E-state index contributed by atoms with van der Waals surface area (Å²) in [6.07, 6.45) is 6.58. The molecule has 2 saturated heterocycles. The van der Waals surface area contributed by atoms with Gasteiger partial charge in [0.15, 0.2) is 0 Å². The first-order chi connectivity index (χ1) is 13.4. The highest BCUT2D eigenvalue weighted by Crippen LogP contribution is 2.31. The van der Waals surface area contributed by atoms with E-state index in [9.17, 15) is 14.0 Å². The first-order valence-corrected chi connectivity index (χ1v) is 9.75. The van der Waals surface area contributed by atoms with Crippen LogP contribution in [0.3, 0.4) is 0 Å². The minimum Gasteiger partial charge on any atom is -0.368 e. The fraction of sp³-hybridized carbons (Fsp3) is 0.524. The second-order valence-electron chi connectivity index (χ2n) is 7.51. The van der Waals surface area contributed by atoms with E-state index in [0.717, 1.165) is 31.6 Å². The van der Waals surface area contributed by atoms with Crippen LogP contribution in [0.4, 0.5) is 4.39 Å². The van der Waals surface area contributed by atoms with Gasteiger partial charge in [0.1, 0.15) is 17.5 Å². The Labute approximate surface area is 165 Å². The van der Waals surface area contributed by atoms with Gasteiger partial charge in [-0.3, -0.25) is 14.5 Å². The molecule has 0 radical (unpaired) electrons. The van der Waals surface area contributed by atoms with Crippen LogP contribution in [-0.4, -0.2) is 66.5 Å². The second kappa shape index (κ2) is 8.84. The van der Waals surface area contributed by atoms with Gasteiger partial charge < -0.3 is 15.4 Å². The lowest BCUT2D eigenvalue weighted by atomic mass is 9.89. The Kier molecular flexibility index (Phi) is 6.46. The zero-order valence-electron chi connectivity index (χ0n) is 16.3. The van der Waals surface area contributed by atoms with E-state index < -0.39 is 17.6 Å². The Morgan fingerprint density at radius 1 is 1.25 bits per heavy atom. The van der Waals surface area contributed by atoms with E-state index in [4.69, 9.17) is 10.5 Å². The summed E-state index contributed by atoms with van der Waals surface area (Å²) in [5, 5.41) is 0. The summed E-state index contributed by atoms with van der Waals surface area (Å²) in [7, 11) is 1.57. The third-order valence-corrected chi connectivity index (χ3v) is 5.83. The summed E-state index contributed by atoms with van der Waals surface area (Å²) >= 11 is 0. The Morgan fingerprint density at radius 2 is 1.93 bits per heavy atom. The number of primary amides is 1. The number of amides is 2. The summed E-state index contributed by atoms with van der Waals surface area (Å²) in [6.45, 7) is 2.76. The van der Waals surface area contributed by atoms with E-state index in [1.165, 1.54) is 12.1 Å². The maximum absolute atomic E-state index is 13.1. The number of ether oxygens (including phenoxy) is 1. The van der Waals surface area contributed by atoms with Crippen LogP contribution in [0, 0.1) is 5.82 Å². The van der Waals surface area contributed by atoms with Crippen LogP contribution in [0.1, 0.15) is 31.2 Å². The second-order valence-corrected chi connectivity index (χ2v) is 7.51. The third-order valence-electron chi connectivity index (χ3n) is 5.83. The molecule has 0 spiro atoms. The lowest BCUT2D eigenvalue weighted by Gasteiger charge is -2.42. The molecular weight excluding hydrogens is 361 g/mol. The number of rotatable bonds is 6. The average Bonchev–Trinajstić information content (AvgIpc) is 3.20. The minimum absolute atomic E-state index is 0.113. The number of likely N-dealkylation sites (tertiary alicyclic amines) is 2. The Morgan fingerprint density at radius 3 is 2.54 bits per heavy atom. The van der Waals surface area contributed by atoms with Gasteiger partial charge in [-0.2, -0.15) is 0 Å². The van der Waals surface area contributed by atoms with Gasteiger partial charge >= 0.3 is 0 Å². The van der Waals surface area contributed by atoms with Crippen molar-refractivity contribution in [3.63, 3.8) is 0 Å². The van der Waals surface area contributed by atoms with Gasteiger partial charge in [-0.1, -0.05) is 24.3 Å². The molecule has 2 N–H and O–H groups in total. The number of benzene rings is 1. The van der Waals surface area contributed by atoms with Gasteiger partial charge in [-0.15, -0.1) is 0 Å². The summed E-state index contributed by atoms with van der Waals surface area (Å²) in [6, 6.07) is 5.84. The molecule has 0 saturated carbocycles. The lowest BCUT2D eigenvalue weighted by molar-refractivity contribution is -0.163. The number of hydrogen-bond acceptors (Lipinski definition) is 4. The largest absolute Gasteiger partial charge is 0.368 e. The number of halogens is 1. The van der Waals surface area contributed by atoms with Crippen LogP contribution in [-0.2, 0) is 14.3 Å². The number of nitrogens with two attached hydrogens (primary N) is 1. The van der Waals surface area contributed by atoms with Crippen LogP contribution >= 0.6 is 0 Å². The van der Waals surface area contributed by atoms with Gasteiger partial charge in [0.2, 0.25) is 5.91 Å². The van der Waals surface area contributed by atoms with Gasteiger partial charge in [0.05, 0.1) is 0 Å². The molecule has 0 unspecified atom stereocenters. The predicted molar refractivity (Wildman–Crippen MR) is 105 cm³/mol. The number of nitrogens with zero attached hydrogens (tertiary/aromatic N) is 2. The van der Waals surface area contributed by atoms with E-state index in [1.54, 1.807) is 24.1 Å². The van der Waals surface area contributed by atoms with Crippen molar-refractivity contribution < 1.29 is 18.7 Å². The Balaban J connectivity index is 1.56. The number of hydrogen-bond donors (Lipinski definition) is 1. The highest BCUT2D eigenvalue weighted by atomic mass is 19.1. The Hall–Kier alpha value is -2.25. The SMILES string of the molecule is COC1(C(=O)N2CCC[C@@H]2C(N)=O)CCN(CC=Cc2ccc(F)cc2)CC1. The monoisotopic (exact) mass is 389 g/mol. The molecule has 1 atom stereocenters. The molecule has 2 aliphatic heterocycles. The zero-order valence-corrected chi connectivity index (χ0v) is 16.3. The van der Waals surface area contributed by atoms with E-state index in [1.807, 2.05) is 12.2 Å². The fourth-order valence-corrected chi connectivity index (χ4v) is 4.08. The van der Waals surface area contributed by atoms with Gasteiger partial charge in [0.25, 0.3) is 5.91 Å². The lowest BCUT2D eigenvalue weighted by Crippen LogP contribution is -2.58. The smallest absolute Gasteiger partial charge is 0.255 e. The number of methoxy groups -OCH3 is 1. The van der Waals surface area contributed by atoms with Crippen LogP contribution in [0.5, 0.6) is 0 Å². The highest BCUT2D eigenvalue weighted by Gasteiger charge is 2.47. The van der Waals surface area contributed by atoms with Crippen molar-refractivity contribution in [2.24, 2.45) is 5.73 Å². The van der Waals surface area contributed by atoms with Crippen LogP contribution in [0.25, 0.3) is 6.08 Å². The van der Waals surface area contributed by atoms with Crippen molar-refractivity contribution in [3.8, 4) is 0 Å². The van der Waals surface area contributed by atoms with E-state index in [0.29, 0.717) is 25.8 Å². The van der Waals surface area contributed by atoms with Crippen LogP contribution < -0.4 is 5.73 Å². The summed E-state index contributed by atoms with van der Waals surface area (Å²) < 4.78 is 18.6. The van der Waals surface area contributed by atoms with Crippen molar-refractivity contribution in [3.05, 3.63) is 41.7 Å². The maximum Gasteiger partial charge on any atom is 0.255 e. The predicted octanol–water partition coefficient (Wildman–Crippen LogP) is 1.80. The molecule has 6 nitrogen and oxygen atoms in total. The molecule has 152 valence electrons. The standard InChI is InChI=1S/C21H28FN3O3/c1-28-21(20(27)25-13-3-5-18(25)19(23)26)10-14-24(15-11-21)12-2-4-16-6-8-17(22)9-7-16/h2,4,6-9,18H,3,5,10-15H2,1H3,(H2,23,26)/t18-/m1/s1. The molecule has 2 fully saturated rings. The molecule has 2 heterocycles. The van der Waals surface area contributed by atoms with Crippen molar-refractivity contribution >= 4 is 17.9 Å². The maximum atomic E-state index is 13.1. The summed E-state index contributed by atoms with van der Waals surface area (Å²) in [4.78, 5) is 28.6. The Bertz CT molecular complexity index is 727. The minimum atomic E-state index is -0.880. The van der Waals surface area contributed by atoms with Crippen molar-refractivity contribution in [1.29, 1.82) is 0 Å². The van der Waals surface area contributed by atoms with E-state index >= 15 is 0 Å². The number of carbonyl (C=O) groups is 2. The van der Waals surface area contributed by atoms with Crippen molar-refractivity contribution in [2.75, 3.05) is 33.3 Å². The first kappa shape index (κ1) is 20.5. The first-order valence-electron chi connectivity index (χ1n) is 9.75. The van der Waals surface area contributed by atoms with Crippen LogP contribution in [0.2, 0.25) is 0 Å². The van der Waals surface area contributed by atoms with E-state index in [2.05, 4.69) is 4.90 Å². The zero-order chi connectivity index (χ0) is 20.1. The molecule has 1 aromatic carbocycles. The van der Waals surface area contributed by atoms with Gasteiger partial charge in [0, 0.05) is 33.3 Å². The summed E-state index contributed by atoms with van der Waals surface area (Å²) in [5.74, 6) is -0.802. The molecule has 3 rings (SSSR count). The molecule has 0 aromatic heterocycles. The normalized spacial score (nSPS) is 22.6. The molecule has 2 aliphatic rings. The molecule has 28 heavy (non-hydrogen) atoms. The summed E-state index contributed by atoms with van der Waals surface area (Å²) in [5.41, 5.74) is 5.53. The number of piperidine rings is 1. The van der Waals surface area contributed by atoms with E-state index in [-0.39, 0.29) is 11.7 Å². The molecular formula is C21H28FN3O3. The molecule has 1 aromatic rings. The van der Waals surface area contributed by atoms with Gasteiger partial charge in [-0.25, -0.2) is 4.39 Å². The van der Waals surface area contributed by atoms with Gasteiger partial charge in [-0.05, 0) is 43.4 Å². The molecule has 0 aliphatic carbocycles. The molecule has 2 amide bonds. The average molecular weight is 389 g/mol. The molecule has 7 heteroatoms. The third kappa shape index (κ3) is 4.42. The molecule has 0 bridgehead atoms. The topological polar surface area (TPSA) is 75.9 Å². The van der Waals surface area contributed by atoms with Crippen LogP contribution in [0.15, 0.2) is 30.3 Å². The number of carbonyl (C=O) groups excluding carboxylic acids is 2. The van der Waals surface area contributed by atoms with Crippen molar-refractivity contribution in [2.45, 2.75) is 37.3 Å². The quantitative estimate of drug-likeness (QED) is 0.805. The van der Waals surface area contributed by atoms with Crippen molar-refractivity contribution in [1.82, 2.24) is 9.80 Å².